The highest BCUT2D eigenvalue weighted by Gasteiger charge is 2.32. The number of hydrogen-bond donors (Lipinski definition) is 1. The Balaban J connectivity index is 1.99. The first-order valence-corrected chi connectivity index (χ1v) is 7.97. The third-order valence-corrected chi connectivity index (χ3v) is 5.86. The van der Waals surface area contributed by atoms with Crippen LogP contribution in [0.15, 0.2) is 18.2 Å². The maximum absolute atomic E-state index is 11.8. The van der Waals surface area contributed by atoms with E-state index in [1.165, 1.54) is 16.8 Å². The summed E-state index contributed by atoms with van der Waals surface area (Å²) in [4.78, 5) is 11.0. The van der Waals surface area contributed by atoms with Gasteiger partial charge in [-0.2, -0.15) is 0 Å². The van der Waals surface area contributed by atoms with Crippen molar-refractivity contribution in [3.8, 4) is 0 Å². The van der Waals surface area contributed by atoms with E-state index in [2.05, 4.69) is 10.3 Å². The molecule has 20 heavy (non-hydrogen) atoms. The number of aromatic carboxylic acids is 1. The molecule has 1 unspecified atom stereocenters. The first-order valence-electron chi connectivity index (χ1n) is 6.25. The number of fused-ring (bicyclic) bond motifs is 1. The lowest BCUT2D eigenvalue weighted by Crippen LogP contribution is -2.22. The van der Waals surface area contributed by atoms with Gasteiger partial charge in [0.2, 0.25) is 0 Å². The zero-order valence-electron chi connectivity index (χ0n) is 10.6. The summed E-state index contributed by atoms with van der Waals surface area (Å²) in [5, 5.41) is 16.4. The quantitative estimate of drug-likeness (QED) is 0.894. The minimum Gasteiger partial charge on any atom is -0.478 e. The summed E-state index contributed by atoms with van der Waals surface area (Å²) in [6.45, 7) is 0.224. The van der Waals surface area contributed by atoms with E-state index < -0.39 is 21.1 Å². The van der Waals surface area contributed by atoms with E-state index in [4.69, 9.17) is 5.11 Å². The SMILES string of the molecule is O=C(O)c1ccc2nnn(CC3CCCS3(=O)=O)c2c1. The minimum absolute atomic E-state index is 0.135. The van der Waals surface area contributed by atoms with Gasteiger partial charge >= 0.3 is 5.97 Å². The van der Waals surface area contributed by atoms with Crippen LogP contribution in [-0.4, -0.2) is 45.5 Å². The van der Waals surface area contributed by atoms with Crippen molar-refractivity contribution < 1.29 is 18.3 Å². The molecular weight excluding hydrogens is 282 g/mol. The van der Waals surface area contributed by atoms with Crippen LogP contribution >= 0.6 is 0 Å². The molecule has 2 aromatic rings. The van der Waals surface area contributed by atoms with E-state index in [1.807, 2.05) is 0 Å². The fourth-order valence-electron chi connectivity index (χ4n) is 2.49. The van der Waals surface area contributed by atoms with Crippen LogP contribution in [0.4, 0.5) is 0 Å². The number of carbonyl (C=O) groups is 1. The number of sulfone groups is 1. The van der Waals surface area contributed by atoms with Gasteiger partial charge in [-0.3, -0.25) is 0 Å². The molecule has 0 aliphatic carbocycles. The second kappa shape index (κ2) is 4.55. The molecule has 1 atom stereocenters. The molecule has 1 aliphatic heterocycles. The second-order valence-electron chi connectivity index (χ2n) is 4.91. The van der Waals surface area contributed by atoms with Crippen LogP contribution in [0.3, 0.4) is 0 Å². The van der Waals surface area contributed by atoms with Crippen LogP contribution in [0.25, 0.3) is 11.0 Å². The molecule has 7 nitrogen and oxygen atoms in total. The third kappa shape index (κ3) is 2.15. The summed E-state index contributed by atoms with van der Waals surface area (Å²) in [6, 6.07) is 4.50. The topological polar surface area (TPSA) is 102 Å². The van der Waals surface area contributed by atoms with E-state index in [1.54, 1.807) is 6.07 Å². The predicted molar refractivity (Wildman–Crippen MR) is 71.3 cm³/mol. The molecule has 2 heterocycles. The van der Waals surface area contributed by atoms with Crippen molar-refractivity contribution in [2.24, 2.45) is 0 Å². The molecule has 0 saturated carbocycles. The highest BCUT2D eigenvalue weighted by Crippen LogP contribution is 2.23. The summed E-state index contributed by atoms with van der Waals surface area (Å²) in [5.74, 6) is -0.821. The van der Waals surface area contributed by atoms with Crippen molar-refractivity contribution in [1.82, 2.24) is 15.0 Å². The summed E-state index contributed by atoms with van der Waals surface area (Å²) >= 11 is 0. The first-order chi connectivity index (χ1) is 9.47. The fraction of sp³-hybridized carbons (Fsp3) is 0.417. The Morgan fingerprint density at radius 1 is 1.45 bits per heavy atom. The minimum atomic E-state index is -3.06. The fourth-order valence-corrected chi connectivity index (χ4v) is 4.29. The molecule has 1 N–H and O–H groups in total. The van der Waals surface area contributed by atoms with Crippen LogP contribution in [0.5, 0.6) is 0 Å². The average molecular weight is 295 g/mol. The average Bonchev–Trinajstić information content (AvgIpc) is 2.94. The van der Waals surface area contributed by atoms with Crippen molar-refractivity contribution in [3.63, 3.8) is 0 Å². The van der Waals surface area contributed by atoms with E-state index in [9.17, 15) is 13.2 Å². The van der Waals surface area contributed by atoms with E-state index in [-0.39, 0.29) is 17.9 Å². The van der Waals surface area contributed by atoms with Gasteiger partial charge in [-0.15, -0.1) is 5.10 Å². The predicted octanol–water partition coefficient (Wildman–Crippen LogP) is 0.707. The largest absolute Gasteiger partial charge is 0.478 e. The number of benzene rings is 1. The molecule has 1 aromatic heterocycles. The zero-order chi connectivity index (χ0) is 14.3. The number of nitrogens with zero attached hydrogens (tertiary/aromatic N) is 3. The molecule has 1 aromatic carbocycles. The number of rotatable bonds is 3. The summed E-state index contributed by atoms with van der Waals surface area (Å²) in [7, 11) is -3.06. The van der Waals surface area contributed by atoms with Gasteiger partial charge in [0.15, 0.2) is 9.84 Å². The van der Waals surface area contributed by atoms with Gasteiger partial charge in [0.1, 0.15) is 5.52 Å². The molecule has 0 radical (unpaired) electrons. The molecule has 106 valence electrons. The maximum atomic E-state index is 11.8. The van der Waals surface area contributed by atoms with Crippen LogP contribution in [0.1, 0.15) is 23.2 Å². The van der Waals surface area contributed by atoms with Gasteiger partial charge < -0.3 is 5.11 Å². The summed E-state index contributed by atoms with van der Waals surface area (Å²) < 4.78 is 25.2. The Morgan fingerprint density at radius 2 is 2.25 bits per heavy atom. The van der Waals surface area contributed by atoms with Crippen molar-refractivity contribution in [3.05, 3.63) is 23.8 Å². The van der Waals surface area contributed by atoms with Crippen LogP contribution in [-0.2, 0) is 16.4 Å². The lowest BCUT2D eigenvalue weighted by Gasteiger charge is -2.09. The third-order valence-electron chi connectivity index (χ3n) is 3.60. The lowest BCUT2D eigenvalue weighted by molar-refractivity contribution is 0.0697. The molecular formula is C12H13N3O4S. The Bertz CT molecular complexity index is 781. The molecule has 1 aliphatic rings. The van der Waals surface area contributed by atoms with E-state index in [0.29, 0.717) is 23.9 Å². The number of hydrogen-bond acceptors (Lipinski definition) is 5. The number of carboxylic acid groups (broad SMARTS) is 1. The summed E-state index contributed by atoms with van der Waals surface area (Å²) in [6.07, 6.45) is 1.28. The number of carboxylic acids is 1. The first kappa shape index (κ1) is 13.0. The van der Waals surface area contributed by atoms with Gasteiger partial charge in [0.05, 0.1) is 28.6 Å². The van der Waals surface area contributed by atoms with Crippen LogP contribution in [0.2, 0.25) is 0 Å². The van der Waals surface area contributed by atoms with E-state index in [0.717, 1.165) is 0 Å². The molecule has 8 heteroatoms. The smallest absolute Gasteiger partial charge is 0.335 e. The van der Waals surface area contributed by atoms with Crippen LogP contribution in [0, 0.1) is 0 Å². The van der Waals surface area contributed by atoms with Gasteiger partial charge in [0, 0.05) is 0 Å². The van der Waals surface area contributed by atoms with Crippen LogP contribution < -0.4 is 0 Å². The Hall–Kier alpha value is -1.96. The zero-order valence-corrected chi connectivity index (χ0v) is 11.4. The highest BCUT2D eigenvalue weighted by atomic mass is 32.2. The maximum Gasteiger partial charge on any atom is 0.335 e. The molecule has 1 saturated heterocycles. The normalized spacial score (nSPS) is 21.3. The Morgan fingerprint density at radius 3 is 2.90 bits per heavy atom. The molecule has 0 bridgehead atoms. The molecule has 3 rings (SSSR count). The van der Waals surface area contributed by atoms with Crippen molar-refractivity contribution >= 4 is 26.8 Å². The summed E-state index contributed by atoms with van der Waals surface area (Å²) in [5.41, 5.74) is 1.24. The van der Waals surface area contributed by atoms with Crippen molar-refractivity contribution in [2.75, 3.05) is 5.75 Å². The lowest BCUT2D eigenvalue weighted by atomic mass is 10.2. The van der Waals surface area contributed by atoms with E-state index >= 15 is 0 Å². The number of aromatic nitrogens is 3. The van der Waals surface area contributed by atoms with Crippen molar-refractivity contribution in [2.45, 2.75) is 24.6 Å². The Labute approximate surface area is 115 Å². The monoisotopic (exact) mass is 295 g/mol. The highest BCUT2D eigenvalue weighted by molar-refractivity contribution is 7.92. The molecule has 1 fully saturated rings. The van der Waals surface area contributed by atoms with Gasteiger partial charge in [-0.25, -0.2) is 17.9 Å². The standard InChI is InChI=1S/C12H13N3O4S/c16-12(17)8-3-4-10-11(6-8)15(14-13-10)7-9-2-1-5-20(9,18)19/h3-4,6,9H,1-2,5,7H2,(H,16,17). The van der Waals surface area contributed by atoms with Gasteiger partial charge in [0.25, 0.3) is 0 Å². The second-order valence-corrected chi connectivity index (χ2v) is 7.31. The van der Waals surface area contributed by atoms with Crippen molar-refractivity contribution in [1.29, 1.82) is 0 Å². The molecule has 0 amide bonds. The van der Waals surface area contributed by atoms with Gasteiger partial charge in [-0.1, -0.05) is 5.21 Å². The molecule has 0 spiro atoms. The Kier molecular flexibility index (Phi) is 2.97. The van der Waals surface area contributed by atoms with Gasteiger partial charge in [-0.05, 0) is 31.0 Å².